The summed E-state index contributed by atoms with van der Waals surface area (Å²) in [7, 11) is 0. The summed E-state index contributed by atoms with van der Waals surface area (Å²) in [5.74, 6) is 1.32. The molecule has 0 aromatic heterocycles. The lowest BCUT2D eigenvalue weighted by Gasteiger charge is -2.17. The number of hydrogen-bond acceptors (Lipinski definition) is 2. The second-order valence-corrected chi connectivity index (χ2v) is 3.46. The molecular weight excluding hydrogens is 138 g/mol. The SMILES string of the molecule is CC(C)C(CN)CCCCO. The molecule has 0 radical (unpaired) electrons. The van der Waals surface area contributed by atoms with Crippen molar-refractivity contribution in [1.29, 1.82) is 0 Å². The first-order valence-electron chi connectivity index (χ1n) is 4.53. The van der Waals surface area contributed by atoms with Crippen molar-refractivity contribution in [3.8, 4) is 0 Å². The molecule has 2 nitrogen and oxygen atoms in total. The van der Waals surface area contributed by atoms with Crippen LogP contribution in [0.25, 0.3) is 0 Å². The smallest absolute Gasteiger partial charge is 0.0431 e. The van der Waals surface area contributed by atoms with Gasteiger partial charge in [-0.1, -0.05) is 20.3 Å². The zero-order valence-electron chi connectivity index (χ0n) is 7.71. The summed E-state index contributed by atoms with van der Waals surface area (Å²) < 4.78 is 0. The third kappa shape index (κ3) is 5.22. The van der Waals surface area contributed by atoms with E-state index in [1.54, 1.807) is 0 Å². The standard InChI is InChI=1S/C9H21NO/c1-8(2)9(7-10)5-3-4-6-11/h8-9,11H,3-7,10H2,1-2H3. The molecule has 1 unspecified atom stereocenters. The highest BCUT2D eigenvalue weighted by Gasteiger charge is 2.09. The molecule has 1 atom stereocenters. The van der Waals surface area contributed by atoms with Crippen molar-refractivity contribution in [3.63, 3.8) is 0 Å². The van der Waals surface area contributed by atoms with Gasteiger partial charge in [0.25, 0.3) is 0 Å². The van der Waals surface area contributed by atoms with E-state index < -0.39 is 0 Å². The number of nitrogens with two attached hydrogens (primary N) is 1. The molecule has 0 heterocycles. The molecule has 3 N–H and O–H groups in total. The lowest BCUT2D eigenvalue weighted by atomic mass is 9.91. The fourth-order valence-corrected chi connectivity index (χ4v) is 1.24. The Morgan fingerprint density at radius 2 is 1.91 bits per heavy atom. The zero-order chi connectivity index (χ0) is 8.69. The Bertz CT molecular complexity index is 83.6. The molecule has 0 aliphatic heterocycles. The van der Waals surface area contributed by atoms with Crippen LogP contribution in [0.5, 0.6) is 0 Å². The van der Waals surface area contributed by atoms with Crippen LogP contribution in [-0.4, -0.2) is 18.3 Å². The Labute approximate surface area is 69.8 Å². The Morgan fingerprint density at radius 1 is 1.27 bits per heavy atom. The molecule has 0 saturated carbocycles. The van der Waals surface area contributed by atoms with Crippen LogP contribution in [0.1, 0.15) is 33.1 Å². The monoisotopic (exact) mass is 159 g/mol. The molecule has 0 rings (SSSR count). The van der Waals surface area contributed by atoms with Crippen LogP contribution < -0.4 is 5.73 Å². The van der Waals surface area contributed by atoms with Crippen molar-refractivity contribution in [3.05, 3.63) is 0 Å². The highest BCUT2D eigenvalue weighted by Crippen LogP contribution is 2.16. The van der Waals surface area contributed by atoms with Gasteiger partial charge >= 0.3 is 0 Å². The molecule has 0 aliphatic rings. The number of aliphatic hydroxyl groups is 1. The van der Waals surface area contributed by atoms with Crippen molar-refractivity contribution in [2.45, 2.75) is 33.1 Å². The summed E-state index contributed by atoms with van der Waals surface area (Å²) in [6.45, 7) is 5.51. The van der Waals surface area contributed by atoms with Crippen molar-refractivity contribution >= 4 is 0 Å². The number of rotatable bonds is 6. The van der Waals surface area contributed by atoms with Crippen LogP contribution in [-0.2, 0) is 0 Å². The third-order valence-corrected chi connectivity index (χ3v) is 2.23. The Balaban J connectivity index is 3.36. The Kier molecular flexibility index (Phi) is 6.57. The normalized spacial score (nSPS) is 13.9. The van der Waals surface area contributed by atoms with E-state index in [0.717, 1.165) is 25.8 Å². The summed E-state index contributed by atoms with van der Waals surface area (Å²) in [6.07, 6.45) is 3.19. The average molecular weight is 159 g/mol. The van der Waals surface area contributed by atoms with E-state index in [0.29, 0.717) is 18.4 Å². The topological polar surface area (TPSA) is 46.2 Å². The van der Waals surface area contributed by atoms with Gasteiger partial charge in [0.1, 0.15) is 0 Å². The molecular formula is C9H21NO. The average Bonchev–Trinajstić information content (AvgIpc) is 1.97. The summed E-state index contributed by atoms with van der Waals surface area (Å²) in [5.41, 5.74) is 5.59. The van der Waals surface area contributed by atoms with Gasteiger partial charge in [-0.3, -0.25) is 0 Å². The van der Waals surface area contributed by atoms with Gasteiger partial charge in [0, 0.05) is 6.61 Å². The lowest BCUT2D eigenvalue weighted by molar-refractivity contribution is 0.270. The molecule has 0 fully saturated rings. The van der Waals surface area contributed by atoms with Crippen LogP contribution in [0.4, 0.5) is 0 Å². The molecule has 0 amide bonds. The fraction of sp³-hybridized carbons (Fsp3) is 1.00. The fourth-order valence-electron chi connectivity index (χ4n) is 1.24. The number of unbranched alkanes of at least 4 members (excludes halogenated alkanes) is 1. The predicted molar refractivity (Wildman–Crippen MR) is 48.3 cm³/mol. The lowest BCUT2D eigenvalue weighted by Crippen LogP contribution is -2.19. The van der Waals surface area contributed by atoms with E-state index in [2.05, 4.69) is 13.8 Å². The van der Waals surface area contributed by atoms with Crippen LogP contribution in [0.2, 0.25) is 0 Å². The largest absolute Gasteiger partial charge is 0.396 e. The van der Waals surface area contributed by atoms with Crippen molar-refractivity contribution in [2.24, 2.45) is 17.6 Å². The van der Waals surface area contributed by atoms with Gasteiger partial charge in [-0.2, -0.15) is 0 Å². The zero-order valence-corrected chi connectivity index (χ0v) is 7.71. The van der Waals surface area contributed by atoms with Gasteiger partial charge in [0.2, 0.25) is 0 Å². The molecule has 0 spiro atoms. The summed E-state index contributed by atoms with van der Waals surface area (Å²) in [6, 6.07) is 0. The predicted octanol–water partition coefficient (Wildman–Crippen LogP) is 1.38. The molecule has 0 bridgehead atoms. The maximum Gasteiger partial charge on any atom is 0.0431 e. The van der Waals surface area contributed by atoms with Gasteiger partial charge in [-0.05, 0) is 31.2 Å². The quantitative estimate of drug-likeness (QED) is 0.575. The second kappa shape index (κ2) is 6.62. The minimum Gasteiger partial charge on any atom is -0.396 e. The van der Waals surface area contributed by atoms with E-state index in [-0.39, 0.29) is 0 Å². The van der Waals surface area contributed by atoms with Gasteiger partial charge < -0.3 is 10.8 Å². The first kappa shape index (κ1) is 10.9. The third-order valence-electron chi connectivity index (χ3n) is 2.23. The van der Waals surface area contributed by atoms with Gasteiger partial charge in [-0.15, -0.1) is 0 Å². The molecule has 0 aliphatic carbocycles. The first-order valence-corrected chi connectivity index (χ1v) is 4.53. The first-order chi connectivity index (χ1) is 5.22. The van der Waals surface area contributed by atoms with Crippen LogP contribution in [0.15, 0.2) is 0 Å². The molecule has 0 aromatic rings. The van der Waals surface area contributed by atoms with Crippen molar-refractivity contribution in [1.82, 2.24) is 0 Å². The molecule has 11 heavy (non-hydrogen) atoms. The van der Waals surface area contributed by atoms with E-state index in [4.69, 9.17) is 10.8 Å². The van der Waals surface area contributed by atoms with Gasteiger partial charge in [-0.25, -0.2) is 0 Å². The van der Waals surface area contributed by atoms with Gasteiger partial charge in [0.05, 0.1) is 0 Å². The molecule has 2 heteroatoms. The second-order valence-electron chi connectivity index (χ2n) is 3.46. The van der Waals surface area contributed by atoms with Crippen molar-refractivity contribution in [2.75, 3.05) is 13.2 Å². The minimum atomic E-state index is 0.315. The van der Waals surface area contributed by atoms with Crippen LogP contribution in [0.3, 0.4) is 0 Å². The van der Waals surface area contributed by atoms with Gasteiger partial charge in [0.15, 0.2) is 0 Å². The maximum absolute atomic E-state index is 8.56. The van der Waals surface area contributed by atoms with Crippen LogP contribution >= 0.6 is 0 Å². The molecule has 68 valence electrons. The molecule has 0 saturated heterocycles. The van der Waals surface area contributed by atoms with E-state index in [1.165, 1.54) is 0 Å². The Morgan fingerprint density at radius 3 is 2.27 bits per heavy atom. The summed E-state index contributed by atoms with van der Waals surface area (Å²) in [5, 5.41) is 8.56. The van der Waals surface area contributed by atoms with Crippen molar-refractivity contribution < 1.29 is 5.11 Å². The van der Waals surface area contributed by atoms with E-state index in [9.17, 15) is 0 Å². The highest BCUT2D eigenvalue weighted by molar-refractivity contribution is 4.63. The maximum atomic E-state index is 8.56. The van der Waals surface area contributed by atoms with Crippen LogP contribution in [0, 0.1) is 11.8 Å². The number of hydrogen-bond donors (Lipinski definition) is 2. The summed E-state index contributed by atoms with van der Waals surface area (Å²) in [4.78, 5) is 0. The minimum absolute atomic E-state index is 0.315. The highest BCUT2D eigenvalue weighted by atomic mass is 16.2. The number of aliphatic hydroxyl groups excluding tert-OH is 1. The molecule has 0 aromatic carbocycles. The Hall–Kier alpha value is -0.0800. The van der Waals surface area contributed by atoms with E-state index in [1.807, 2.05) is 0 Å². The van der Waals surface area contributed by atoms with E-state index >= 15 is 0 Å². The summed E-state index contributed by atoms with van der Waals surface area (Å²) >= 11 is 0.